The van der Waals surface area contributed by atoms with Crippen molar-refractivity contribution in [3.05, 3.63) is 30.5 Å². The molecule has 0 saturated heterocycles. The summed E-state index contributed by atoms with van der Waals surface area (Å²) in [5, 5.41) is 4.18. The minimum Gasteiger partial charge on any atom is -0.488 e. The number of nitrogen functional groups attached to an aromatic ring is 1. The van der Waals surface area contributed by atoms with E-state index in [0.29, 0.717) is 12.4 Å². The quantitative estimate of drug-likeness (QED) is 0.855. The summed E-state index contributed by atoms with van der Waals surface area (Å²) in [5.74, 6) is 1.17. The van der Waals surface area contributed by atoms with Crippen molar-refractivity contribution in [2.24, 2.45) is 0 Å². The summed E-state index contributed by atoms with van der Waals surface area (Å²) in [4.78, 5) is 8.13. The highest BCUT2D eigenvalue weighted by molar-refractivity contribution is 5.23. The molecule has 0 aromatic carbocycles. The average molecular weight is 233 g/mol. The second kappa shape index (κ2) is 4.82. The predicted molar refractivity (Wildman–Crippen MR) is 63.5 cm³/mol. The molecule has 0 aliphatic carbocycles. The van der Waals surface area contributed by atoms with Gasteiger partial charge < -0.3 is 10.5 Å². The number of nitrogens with two attached hydrogens (primary N) is 1. The van der Waals surface area contributed by atoms with E-state index in [0.717, 1.165) is 11.4 Å². The molecule has 0 amide bonds. The van der Waals surface area contributed by atoms with Crippen LogP contribution >= 0.6 is 0 Å². The van der Waals surface area contributed by atoms with Gasteiger partial charge in [-0.15, -0.1) is 0 Å². The molecule has 2 N–H and O–H groups in total. The molecule has 6 heteroatoms. The fraction of sp³-hybridized carbons (Fsp3) is 0.364. The number of nitrogens with zero attached hydrogens (tertiary/aromatic N) is 4. The number of rotatable bonds is 4. The molecule has 2 aromatic rings. The van der Waals surface area contributed by atoms with Crippen LogP contribution in [0.4, 0.5) is 5.82 Å². The van der Waals surface area contributed by atoms with Crippen LogP contribution < -0.4 is 10.5 Å². The van der Waals surface area contributed by atoms with Gasteiger partial charge >= 0.3 is 0 Å². The molecule has 0 aliphatic heterocycles. The molecular formula is C11H15N5O. The summed E-state index contributed by atoms with van der Waals surface area (Å²) in [7, 11) is 0. The van der Waals surface area contributed by atoms with Crippen molar-refractivity contribution in [3.63, 3.8) is 0 Å². The highest BCUT2D eigenvalue weighted by Crippen LogP contribution is 2.11. The van der Waals surface area contributed by atoms with Crippen molar-refractivity contribution in [1.82, 2.24) is 19.7 Å². The zero-order valence-corrected chi connectivity index (χ0v) is 9.87. The number of aromatic nitrogens is 4. The van der Waals surface area contributed by atoms with Crippen LogP contribution in [-0.2, 0) is 6.54 Å². The van der Waals surface area contributed by atoms with E-state index < -0.39 is 0 Å². The Morgan fingerprint density at radius 2 is 2.12 bits per heavy atom. The van der Waals surface area contributed by atoms with Crippen LogP contribution in [0.1, 0.15) is 19.5 Å². The first-order valence-corrected chi connectivity index (χ1v) is 5.39. The van der Waals surface area contributed by atoms with Crippen LogP contribution in [0, 0.1) is 0 Å². The standard InChI is InChI=1S/C11H15N5O/c1-8(2)17-10-4-15-16(7-10)6-9-3-14-11(12)5-13-9/h3-5,7-8H,6H2,1-2H3,(H2,12,14). The van der Waals surface area contributed by atoms with Gasteiger partial charge in [0.05, 0.1) is 43.1 Å². The first-order chi connectivity index (χ1) is 8.13. The molecule has 0 spiro atoms. The Balaban J connectivity index is 2.03. The van der Waals surface area contributed by atoms with Gasteiger partial charge in [0, 0.05) is 0 Å². The van der Waals surface area contributed by atoms with Gasteiger partial charge in [0.15, 0.2) is 5.75 Å². The third kappa shape index (κ3) is 3.17. The average Bonchev–Trinajstić information content (AvgIpc) is 2.68. The molecule has 0 unspecified atom stereocenters. The molecule has 0 aliphatic rings. The zero-order valence-electron chi connectivity index (χ0n) is 9.87. The molecule has 0 fully saturated rings. The second-order valence-corrected chi connectivity index (χ2v) is 3.97. The van der Waals surface area contributed by atoms with Crippen LogP contribution in [-0.4, -0.2) is 25.9 Å². The molecule has 2 aromatic heterocycles. The first kappa shape index (κ1) is 11.4. The van der Waals surface area contributed by atoms with Gasteiger partial charge in [-0.05, 0) is 13.8 Å². The fourth-order valence-corrected chi connectivity index (χ4v) is 1.38. The van der Waals surface area contributed by atoms with E-state index >= 15 is 0 Å². The molecule has 17 heavy (non-hydrogen) atoms. The van der Waals surface area contributed by atoms with Crippen molar-refractivity contribution >= 4 is 5.82 Å². The summed E-state index contributed by atoms with van der Waals surface area (Å²) in [6.45, 7) is 4.50. The minimum absolute atomic E-state index is 0.143. The molecule has 2 rings (SSSR count). The lowest BCUT2D eigenvalue weighted by Gasteiger charge is -2.05. The first-order valence-electron chi connectivity index (χ1n) is 5.39. The molecule has 6 nitrogen and oxygen atoms in total. The highest BCUT2D eigenvalue weighted by atomic mass is 16.5. The SMILES string of the molecule is CC(C)Oc1cnn(Cc2cnc(N)cn2)c1. The maximum atomic E-state index is 5.51. The molecule has 0 atom stereocenters. The van der Waals surface area contributed by atoms with E-state index in [2.05, 4.69) is 15.1 Å². The second-order valence-electron chi connectivity index (χ2n) is 3.97. The predicted octanol–water partition coefficient (Wildman–Crippen LogP) is 1.09. The van der Waals surface area contributed by atoms with Crippen LogP contribution in [0.15, 0.2) is 24.8 Å². The van der Waals surface area contributed by atoms with Crippen molar-refractivity contribution in [2.75, 3.05) is 5.73 Å². The van der Waals surface area contributed by atoms with Gasteiger partial charge in [0.2, 0.25) is 0 Å². The Labute approximate surface area is 99.4 Å². The molecule has 2 heterocycles. The van der Waals surface area contributed by atoms with Crippen LogP contribution in [0.5, 0.6) is 5.75 Å². The summed E-state index contributed by atoms with van der Waals surface area (Å²) >= 11 is 0. The van der Waals surface area contributed by atoms with Gasteiger partial charge in [-0.25, -0.2) is 4.98 Å². The number of hydrogen-bond acceptors (Lipinski definition) is 5. The van der Waals surface area contributed by atoms with Gasteiger partial charge in [-0.1, -0.05) is 0 Å². The molecular weight excluding hydrogens is 218 g/mol. The van der Waals surface area contributed by atoms with Crippen molar-refractivity contribution in [1.29, 1.82) is 0 Å². The Morgan fingerprint density at radius 3 is 2.76 bits per heavy atom. The van der Waals surface area contributed by atoms with Crippen LogP contribution in [0.2, 0.25) is 0 Å². The van der Waals surface area contributed by atoms with E-state index in [9.17, 15) is 0 Å². The normalized spacial score (nSPS) is 10.8. The summed E-state index contributed by atoms with van der Waals surface area (Å²) in [6, 6.07) is 0. The molecule has 0 bridgehead atoms. The van der Waals surface area contributed by atoms with Crippen LogP contribution in [0.3, 0.4) is 0 Å². The lowest BCUT2D eigenvalue weighted by molar-refractivity contribution is 0.242. The highest BCUT2D eigenvalue weighted by Gasteiger charge is 2.03. The largest absolute Gasteiger partial charge is 0.488 e. The Bertz CT molecular complexity index is 477. The number of ether oxygens (including phenoxy) is 1. The maximum absolute atomic E-state index is 5.51. The van der Waals surface area contributed by atoms with Crippen molar-refractivity contribution in [3.8, 4) is 5.75 Å². The van der Waals surface area contributed by atoms with Crippen molar-refractivity contribution < 1.29 is 4.74 Å². The van der Waals surface area contributed by atoms with E-state index in [1.165, 1.54) is 6.20 Å². The number of hydrogen-bond donors (Lipinski definition) is 1. The fourth-order valence-electron chi connectivity index (χ4n) is 1.38. The van der Waals surface area contributed by atoms with Gasteiger partial charge in [0.25, 0.3) is 0 Å². The van der Waals surface area contributed by atoms with E-state index in [1.807, 2.05) is 20.0 Å². The summed E-state index contributed by atoms with van der Waals surface area (Å²) in [6.07, 6.45) is 6.83. The molecule has 0 saturated carbocycles. The number of anilines is 1. The lowest BCUT2D eigenvalue weighted by Crippen LogP contribution is -2.05. The topological polar surface area (TPSA) is 78.8 Å². The Hall–Kier alpha value is -2.11. The van der Waals surface area contributed by atoms with Gasteiger partial charge in [-0.3, -0.25) is 9.67 Å². The Morgan fingerprint density at radius 1 is 1.29 bits per heavy atom. The summed E-state index contributed by atoms with van der Waals surface area (Å²) in [5.41, 5.74) is 6.27. The lowest BCUT2D eigenvalue weighted by atomic mass is 10.4. The third-order valence-corrected chi connectivity index (χ3v) is 2.03. The van der Waals surface area contributed by atoms with Gasteiger partial charge in [0.1, 0.15) is 5.82 Å². The Kier molecular flexibility index (Phi) is 3.22. The molecule has 90 valence electrons. The molecule has 0 radical (unpaired) electrons. The van der Waals surface area contributed by atoms with E-state index in [4.69, 9.17) is 10.5 Å². The minimum atomic E-state index is 0.143. The summed E-state index contributed by atoms with van der Waals surface area (Å²) < 4.78 is 7.26. The van der Waals surface area contributed by atoms with Crippen LogP contribution in [0.25, 0.3) is 0 Å². The maximum Gasteiger partial charge on any atom is 0.157 e. The monoisotopic (exact) mass is 233 g/mol. The van der Waals surface area contributed by atoms with Crippen molar-refractivity contribution in [2.45, 2.75) is 26.5 Å². The van der Waals surface area contributed by atoms with E-state index in [-0.39, 0.29) is 6.10 Å². The smallest absolute Gasteiger partial charge is 0.157 e. The van der Waals surface area contributed by atoms with Gasteiger partial charge in [-0.2, -0.15) is 5.10 Å². The third-order valence-electron chi connectivity index (χ3n) is 2.03. The zero-order chi connectivity index (χ0) is 12.3. The van der Waals surface area contributed by atoms with E-state index in [1.54, 1.807) is 17.1 Å².